The van der Waals surface area contributed by atoms with Crippen LogP contribution < -0.4 is 4.74 Å². The fraction of sp³-hybridized carbons (Fsp3) is 0.692. The van der Waals surface area contributed by atoms with Crippen molar-refractivity contribution < 1.29 is 14.6 Å². The first-order valence-electron chi connectivity index (χ1n) is 6.45. The van der Waals surface area contributed by atoms with Gasteiger partial charge in [0.05, 0.1) is 13.3 Å². The lowest BCUT2D eigenvalue weighted by atomic mass is 9.81. The van der Waals surface area contributed by atoms with Gasteiger partial charge in [0.2, 0.25) is 0 Å². The van der Waals surface area contributed by atoms with E-state index in [1.807, 2.05) is 0 Å². The topological polar surface area (TPSA) is 64.3 Å². The molecule has 5 nitrogen and oxygen atoms in total. The molecule has 0 radical (unpaired) electrons. The van der Waals surface area contributed by atoms with Crippen LogP contribution in [-0.2, 0) is 16.9 Å². The van der Waals surface area contributed by atoms with E-state index in [2.05, 4.69) is 12.0 Å². The number of hydrogen-bond donors (Lipinski definition) is 1. The number of hydrogen-bond acceptors (Lipinski definition) is 4. The van der Waals surface area contributed by atoms with Gasteiger partial charge >= 0.3 is 0 Å². The lowest BCUT2D eigenvalue weighted by Gasteiger charge is -2.32. The standard InChI is InChI=1S/C13H20N2O3/c1-3-8-15-12(11(18-2)9-14-15)13(17)6-4-10(16)5-7-13/h9,17H,3-8H2,1-2H3. The molecule has 1 N–H and O–H groups in total. The molecule has 1 fully saturated rings. The second-order valence-corrected chi connectivity index (χ2v) is 4.85. The Morgan fingerprint density at radius 1 is 1.50 bits per heavy atom. The molecule has 5 heteroatoms. The van der Waals surface area contributed by atoms with Crippen LogP contribution in [0.25, 0.3) is 0 Å². The van der Waals surface area contributed by atoms with Gasteiger partial charge in [-0.05, 0) is 19.3 Å². The van der Waals surface area contributed by atoms with Gasteiger partial charge in [0.25, 0.3) is 0 Å². The zero-order chi connectivity index (χ0) is 13.2. The molecule has 0 aromatic carbocycles. The highest BCUT2D eigenvalue weighted by molar-refractivity contribution is 5.79. The van der Waals surface area contributed by atoms with Crippen molar-refractivity contribution in [2.45, 2.75) is 51.2 Å². The highest BCUT2D eigenvalue weighted by atomic mass is 16.5. The molecule has 0 bridgehead atoms. The Bertz CT molecular complexity index is 429. The van der Waals surface area contributed by atoms with Gasteiger partial charge in [-0.1, -0.05) is 6.92 Å². The van der Waals surface area contributed by atoms with Crippen LogP contribution in [0, 0.1) is 0 Å². The van der Waals surface area contributed by atoms with E-state index in [1.54, 1.807) is 18.0 Å². The number of methoxy groups -OCH3 is 1. The van der Waals surface area contributed by atoms with Crippen LogP contribution >= 0.6 is 0 Å². The maximum absolute atomic E-state index is 11.3. The molecule has 1 aromatic heterocycles. The Balaban J connectivity index is 2.35. The second kappa shape index (κ2) is 5.10. The summed E-state index contributed by atoms with van der Waals surface area (Å²) in [7, 11) is 1.58. The van der Waals surface area contributed by atoms with Gasteiger partial charge in [-0.25, -0.2) is 0 Å². The summed E-state index contributed by atoms with van der Waals surface area (Å²) in [6.07, 6.45) is 4.34. The molecule has 100 valence electrons. The van der Waals surface area contributed by atoms with Gasteiger partial charge in [0.15, 0.2) is 5.75 Å². The van der Waals surface area contributed by atoms with Crippen molar-refractivity contribution in [1.82, 2.24) is 9.78 Å². The summed E-state index contributed by atoms with van der Waals surface area (Å²) in [5.74, 6) is 0.834. The minimum absolute atomic E-state index is 0.222. The Morgan fingerprint density at radius 2 is 2.17 bits per heavy atom. The summed E-state index contributed by atoms with van der Waals surface area (Å²) < 4.78 is 7.09. The molecule has 2 rings (SSSR count). The van der Waals surface area contributed by atoms with Crippen molar-refractivity contribution in [2.75, 3.05) is 7.11 Å². The van der Waals surface area contributed by atoms with Crippen LogP contribution in [0.2, 0.25) is 0 Å². The van der Waals surface area contributed by atoms with Gasteiger partial charge in [0, 0.05) is 19.4 Å². The van der Waals surface area contributed by atoms with Gasteiger partial charge in [-0.15, -0.1) is 0 Å². The monoisotopic (exact) mass is 252 g/mol. The van der Waals surface area contributed by atoms with E-state index < -0.39 is 5.60 Å². The van der Waals surface area contributed by atoms with Crippen LogP contribution in [0.5, 0.6) is 5.75 Å². The Labute approximate surface area is 107 Å². The molecule has 0 atom stereocenters. The van der Waals surface area contributed by atoms with Crippen molar-refractivity contribution in [3.63, 3.8) is 0 Å². The molecular formula is C13H20N2O3. The molecule has 1 aliphatic carbocycles. The predicted octanol–water partition coefficient (Wildman–Crippen LogP) is 1.63. The smallest absolute Gasteiger partial charge is 0.162 e. The number of ether oxygens (including phenoxy) is 1. The number of carbonyl (C=O) groups excluding carboxylic acids is 1. The lowest BCUT2D eigenvalue weighted by Crippen LogP contribution is -2.34. The van der Waals surface area contributed by atoms with Crippen LogP contribution in [-0.4, -0.2) is 27.8 Å². The van der Waals surface area contributed by atoms with E-state index in [9.17, 15) is 9.90 Å². The number of Topliss-reactive ketones (excluding diaryl/α,β-unsaturated/α-hetero) is 1. The summed E-state index contributed by atoms with van der Waals surface area (Å²) >= 11 is 0. The summed E-state index contributed by atoms with van der Waals surface area (Å²) in [6, 6.07) is 0. The molecule has 1 saturated carbocycles. The SMILES string of the molecule is CCCn1ncc(OC)c1C1(O)CCC(=O)CC1. The molecule has 0 amide bonds. The van der Waals surface area contributed by atoms with Crippen molar-refractivity contribution >= 4 is 5.78 Å². The first kappa shape index (κ1) is 13.1. The van der Waals surface area contributed by atoms with Gasteiger partial charge in [0.1, 0.15) is 17.1 Å². The quantitative estimate of drug-likeness (QED) is 0.884. The van der Waals surface area contributed by atoms with Crippen molar-refractivity contribution in [2.24, 2.45) is 0 Å². The number of aryl methyl sites for hydroxylation is 1. The van der Waals surface area contributed by atoms with E-state index in [1.165, 1.54) is 0 Å². The number of aliphatic hydroxyl groups is 1. The zero-order valence-electron chi connectivity index (χ0n) is 11.0. The van der Waals surface area contributed by atoms with Crippen LogP contribution in [0.4, 0.5) is 0 Å². The van der Waals surface area contributed by atoms with E-state index >= 15 is 0 Å². The third kappa shape index (κ3) is 2.27. The zero-order valence-corrected chi connectivity index (χ0v) is 11.0. The molecule has 1 aliphatic rings. The number of nitrogens with zero attached hydrogens (tertiary/aromatic N) is 2. The highest BCUT2D eigenvalue weighted by Crippen LogP contribution is 2.40. The number of rotatable bonds is 4. The van der Waals surface area contributed by atoms with E-state index in [4.69, 9.17) is 4.74 Å². The minimum atomic E-state index is -0.981. The van der Waals surface area contributed by atoms with E-state index in [0.29, 0.717) is 31.4 Å². The van der Waals surface area contributed by atoms with Gasteiger partial charge < -0.3 is 9.84 Å². The number of carbonyl (C=O) groups is 1. The number of aromatic nitrogens is 2. The maximum atomic E-state index is 11.3. The molecule has 18 heavy (non-hydrogen) atoms. The molecule has 0 aliphatic heterocycles. The van der Waals surface area contributed by atoms with E-state index in [-0.39, 0.29) is 5.78 Å². The first-order chi connectivity index (χ1) is 8.60. The van der Waals surface area contributed by atoms with Crippen LogP contribution in [0.3, 0.4) is 0 Å². The number of ketones is 1. The molecular weight excluding hydrogens is 232 g/mol. The average molecular weight is 252 g/mol. The summed E-state index contributed by atoms with van der Waals surface area (Å²) in [5.41, 5.74) is -0.260. The molecule has 0 spiro atoms. The summed E-state index contributed by atoms with van der Waals surface area (Å²) in [6.45, 7) is 2.81. The third-order valence-electron chi connectivity index (χ3n) is 3.54. The maximum Gasteiger partial charge on any atom is 0.162 e. The molecule has 0 unspecified atom stereocenters. The normalized spacial score (nSPS) is 18.9. The Morgan fingerprint density at radius 3 is 2.72 bits per heavy atom. The fourth-order valence-electron chi connectivity index (χ4n) is 2.55. The van der Waals surface area contributed by atoms with E-state index in [0.717, 1.165) is 18.7 Å². The van der Waals surface area contributed by atoms with Gasteiger partial charge in [-0.3, -0.25) is 9.48 Å². The highest BCUT2D eigenvalue weighted by Gasteiger charge is 2.39. The Kier molecular flexibility index (Phi) is 3.71. The third-order valence-corrected chi connectivity index (χ3v) is 3.54. The predicted molar refractivity (Wildman–Crippen MR) is 66.4 cm³/mol. The average Bonchev–Trinajstić information content (AvgIpc) is 2.77. The Hall–Kier alpha value is -1.36. The lowest BCUT2D eigenvalue weighted by molar-refractivity contribution is -0.126. The molecule has 1 heterocycles. The molecule has 1 aromatic rings. The fourth-order valence-corrected chi connectivity index (χ4v) is 2.55. The van der Waals surface area contributed by atoms with Crippen LogP contribution in [0.15, 0.2) is 6.20 Å². The van der Waals surface area contributed by atoms with Crippen molar-refractivity contribution in [3.8, 4) is 5.75 Å². The largest absolute Gasteiger partial charge is 0.493 e. The summed E-state index contributed by atoms with van der Waals surface area (Å²) in [5, 5.41) is 15.0. The minimum Gasteiger partial charge on any atom is -0.493 e. The second-order valence-electron chi connectivity index (χ2n) is 4.85. The van der Waals surface area contributed by atoms with Crippen molar-refractivity contribution in [3.05, 3.63) is 11.9 Å². The first-order valence-corrected chi connectivity index (χ1v) is 6.45. The molecule has 0 saturated heterocycles. The summed E-state index contributed by atoms with van der Waals surface area (Å²) in [4.78, 5) is 11.3. The van der Waals surface area contributed by atoms with Crippen LogP contribution in [0.1, 0.15) is 44.7 Å². The van der Waals surface area contributed by atoms with Gasteiger partial charge in [-0.2, -0.15) is 5.10 Å². The van der Waals surface area contributed by atoms with Crippen molar-refractivity contribution in [1.29, 1.82) is 0 Å².